The summed E-state index contributed by atoms with van der Waals surface area (Å²) in [5.74, 6) is 6.02. The summed E-state index contributed by atoms with van der Waals surface area (Å²) in [6.45, 7) is 7.03. The summed E-state index contributed by atoms with van der Waals surface area (Å²) in [6.07, 6.45) is 0.923. The zero-order valence-corrected chi connectivity index (χ0v) is 11.8. The van der Waals surface area contributed by atoms with Gasteiger partial charge in [-0.1, -0.05) is 32.6 Å². The highest BCUT2D eigenvalue weighted by atomic mass is 35.5. The first-order chi connectivity index (χ1) is 8.42. The number of benzene rings is 1. The highest BCUT2D eigenvalue weighted by molar-refractivity contribution is 6.19. The predicted octanol–water partition coefficient (Wildman–Crippen LogP) is 4.23. The van der Waals surface area contributed by atoms with E-state index in [-0.39, 0.29) is 17.1 Å². The van der Waals surface area contributed by atoms with Crippen LogP contribution in [0.25, 0.3) is 0 Å². The first-order valence-electron chi connectivity index (χ1n) is 5.89. The molecule has 0 atom stereocenters. The third-order valence-electron chi connectivity index (χ3n) is 2.34. The van der Waals surface area contributed by atoms with Gasteiger partial charge in [0.2, 0.25) is 0 Å². The molecule has 0 spiro atoms. The number of rotatable bonds is 3. The van der Waals surface area contributed by atoms with Gasteiger partial charge in [-0.2, -0.15) is 0 Å². The van der Waals surface area contributed by atoms with E-state index in [0.717, 1.165) is 6.42 Å². The molecule has 0 unspecified atom stereocenters. The first-order valence-corrected chi connectivity index (χ1v) is 6.43. The van der Waals surface area contributed by atoms with E-state index < -0.39 is 0 Å². The van der Waals surface area contributed by atoms with Gasteiger partial charge in [0.25, 0.3) is 0 Å². The number of hydrogen-bond donors (Lipinski definition) is 0. The van der Waals surface area contributed by atoms with Gasteiger partial charge in [0.05, 0.1) is 18.1 Å². The van der Waals surface area contributed by atoms with Gasteiger partial charge in [0, 0.05) is 0 Å². The Balaban J connectivity index is 2.75. The molecule has 0 bridgehead atoms. The standard InChI is InChI=1S/C15H18ClFO/c1-15(2,3)8-10-18-14-7-6-13(17)11-12(14)5-4-9-16/h6-7,11H,8-10H2,1-3H3. The minimum atomic E-state index is -0.322. The maximum Gasteiger partial charge on any atom is 0.135 e. The van der Waals surface area contributed by atoms with Crippen LogP contribution in [0.3, 0.4) is 0 Å². The van der Waals surface area contributed by atoms with Gasteiger partial charge < -0.3 is 4.74 Å². The lowest BCUT2D eigenvalue weighted by Crippen LogP contribution is -2.11. The lowest BCUT2D eigenvalue weighted by atomic mass is 9.93. The lowest BCUT2D eigenvalue weighted by molar-refractivity contribution is 0.242. The summed E-state index contributed by atoms with van der Waals surface area (Å²) < 4.78 is 18.8. The maximum atomic E-state index is 13.1. The summed E-state index contributed by atoms with van der Waals surface area (Å²) in [5.41, 5.74) is 0.756. The normalized spacial score (nSPS) is 10.7. The number of hydrogen-bond acceptors (Lipinski definition) is 1. The third kappa shape index (κ3) is 5.42. The van der Waals surface area contributed by atoms with E-state index in [0.29, 0.717) is 17.9 Å². The van der Waals surface area contributed by atoms with E-state index in [1.165, 1.54) is 12.1 Å². The molecular weight excluding hydrogens is 251 g/mol. The SMILES string of the molecule is CC(C)(C)CCOc1ccc(F)cc1C#CCCl. The Kier molecular flexibility index (Phi) is 5.50. The van der Waals surface area contributed by atoms with Crippen molar-refractivity contribution in [1.82, 2.24) is 0 Å². The van der Waals surface area contributed by atoms with E-state index in [9.17, 15) is 4.39 Å². The summed E-state index contributed by atoms with van der Waals surface area (Å²) in [6, 6.07) is 4.35. The van der Waals surface area contributed by atoms with Crippen LogP contribution in [0.15, 0.2) is 18.2 Å². The van der Waals surface area contributed by atoms with Crippen LogP contribution >= 0.6 is 11.6 Å². The Labute approximate surface area is 113 Å². The van der Waals surface area contributed by atoms with Crippen molar-refractivity contribution in [3.05, 3.63) is 29.6 Å². The first kappa shape index (κ1) is 14.9. The molecule has 0 saturated heterocycles. The topological polar surface area (TPSA) is 9.23 Å². The van der Waals surface area contributed by atoms with Crippen molar-refractivity contribution < 1.29 is 9.13 Å². The Hall–Kier alpha value is -1.20. The fourth-order valence-corrected chi connectivity index (χ4v) is 1.39. The quantitative estimate of drug-likeness (QED) is 0.589. The second-order valence-corrected chi connectivity index (χ2v) is 5.50. The summed E-state index contributed by atoms with van der Waals surface area (Å²) in [5, 5.41) is 0. The van der Waals surface area contributed by atoms with Crippen LogP contribution < -0.4 is 4.74 Å². The molecule has 0 aliphatic carbocycles. The Morgan fingerprint density at radius 3 is 2.67 bits per heavy atom. The maximum absolute atomic E-state index is 13.1. The van der Waals surface area contributed by atoms with Gasteiger partial charge >= 0.3 is 0 Å². The van der Waals surface area contributed by atoms with E-state index >= 15 is 0 Å². The number of halogens is 2. The van der Waals surface area contributed by atoms with Gasteiger partial charge in [-0.15, -0.1) is 11.6 Å². The Morgan fingerprint density at radius 1 is 1.33 bits per heavy atom. The molecule has 3 heteroatoms. The Bertz CT molecular complexity index is 452. The van der Waals surface area contributed by atoms with Crippen molar-refractivity contribution >= 4 is 11.6 Å². The number of ether oxygens (including phenoxy) is 1. The van der Waals surface area contributed by atoms with E-state index in [2.05, 4.69) is 32.6 Å². The largest absolute Gasteiger partial charge is 0.492 e. The van der Waals surface area contributed by atoms with Crippen LogP contribution in [0.5, 0.6) is 5.75 Å². The molecule has 0 aliphatic rings. The molecular formula is C15H18ClFO. The second-order valence-electron chi connectivity index (χ2n) is 5.24. The molecule has 0 saturated carbocycles. The Morgan fingerprint density at radius 2 is 2.06 bits per heavy atom. The molecule has 1 aromatic rings. The average Bonchev–Trinajstić information content (AvgIpc) is 2.27. The van der Waals surface area contributed by atoms with Gasteiger partial charge in [-0.3, -0.25) is 0 Å². The van der Waals surface area contributed by atoms with Crippen LogP contribution in [-0.2, 0) is 0 Å². The third-order valence-corrected chi connectivity index (χ3v) is 2.47. The monoisotopic (exact) mass is 268 g/mol. The zero-order valence-electron chi connectivity index (χ0n) is 11.0. The van der Waals surface area contributed by atoms with Gasteiger partial charge in [-0.05, 0) is 30.0 Å². The predicted molar refractivity (Wildman–Crippen MR) is 73.6 cm³/mol. The molecule has 1 rings (SSSR count). The van der Waals surface area contributed by atoms with Crippen LogP contribution in [0.4, 0.5) is 4.39 Å². The fraction of sp³-hybridized carbons (Fsp3) is 0.467. The molecule has 1 aromatic carbocycles. The molecule has 0 aromatic heterocycles. The summed E-state index contributed by atoms with van der Waals surface area (Å²) in [7, 11) is 0. The highest BCUT2D eigenvalue weighted by Crippen LogP contribution is 2.22. The molecule has 98 valence electrons. The van der Waals surface area contributed by atoms with Crippen molar-refractivity contribution in [1.29, 1.82) is 0 Å². The zero-order chi connectivity index (χ0) is 13.6. The molecule has 1 nitrogen and oxygen atoms in total. The van der Waals surface area contributed by atoms with Gasteiger partial charge in [0.15, 0.2) is 0 Å². The number of alkyl halides is 1. The van der Waals surface area contributed by atoms with E-state index in [4.69, 9.17) is 16.3 Å². The lowest BCUT2D eigenvalue weighted by Gasteiger charge is -2.18. The van der Waals surface area contributed by atoms with Crippen LogP contribution in [0.2, 0.25) is 0 Å². The van der Waals surface area contributed by atoms with Crippen molar-refractivity contribution in [3.63, 3.8) is 0 Å². The van der Waals surface area contributed by atoms with Crippen molar-refractivity contribution in [3.8, 4) is 17.6 Å². The smallest absolute Gasteiger partial charge is 0.135 e. The van der Waals surface area contributed by atoms with E-state index in [1.54, 1.807) is 6.07 Å². The minimum Gasteiger partial charge on any atom is -0.492 e. The molecule has 0 fully saturated rings. The minimum absolute atomic E-state index is 0.210. The van der Waals surface area contributed by atoms with Gasteiger partial charge in [-0.25, -0.2) is 4.39 Å². The highest BCUT2D eigenvalue weighted by Gasteiger charge is 2.11. The molecule has 0 radical (unpaired) electrons. The van der Waals surface area contributed by atoms with Crippen molar-refractivity contribution in [2.75, 3.05) is 12.5 Å². The molecule has 0 N–H and O–H groups in total. The molecule has 0 aliphatic heterocycles. The van der Waals surface area contributed by atoms with Crippen molar-refractivity contribution in [2.45, 2.75) is 27.2 Å². The summed E-state index contributed by atoms with van der Waals surface area (Å²) in [4.78, 5) is 0. The average molecular weight is 269 g/mol. The second kappa shape index (κ2) is 6.66. The molecule has 0 heterocycles. The van der Waals surface area contributed by atoms with Crippen LogP contribution in [-0.4, -0.2) is 12.5 Å². The summed E-state index contributed by atoms with van der Waals surface area (Å²) >= 11 is 5.50. The van der Waals surface area contributed by atoms with Crippen LogP contribution in [0.1, 0.15) is 32.8 Å². The van der Waals surface area contributed by atoms with E-state index in [1.807, 2.05) is 0 Å². The van der Waals surface area contributed by atoms with Gasteiger partial charge in [0.1, 0.15) is 11.6 Å². The molecule has 0 amide bonds. The molecule has 18 heavy (non-hydrogen) atoms. The van der Waals surface area contributed by atoms with Crippen LogP contribution in [0, 0.1) is 23.1 Å². The van der Waals surface area contributed by atoms with Crippen molar-refractivity contribution in [2.24, 2.45) is 5.41 Å². The fourth-order valence-electron chi connectivity index (χ4n) is 1.32.